The molecule has 2 heterocycles. The minimum Gasteiger partial charge on any atom is -0.436 e. The summed E-state index contributed by atoms with van der Waals surface area (Å²) in [4.78, 5) is 51.2. The Balaban J connectivity index is 1.56. The van der Waals surface area contributed by atoms with Gasteiger partial charge in [0.1, 0.15) is 6.04 Å². The van der Waals surface area contributed by atoms with Crippen LogP contribution < -0.4 is 5.32 Å². The first kappa shape index (κ1) is 35.6. The van der Waals surface area contributed by atoms with E-state index in [9.17, 15) is 23.7 Å². The molecule has 0 spiro atoms. The van der Waals surface area contributed by atoms with Crippen molar-refractivity contribution < 1.29 is 28.4 Å². The molecule has 0 bridgehead atoms. The summed E-state index contributed by atoms with van der Waals surface area (Å²) in [5.41, 5.74) is 1.46. The Morgan fingerprint density at radius 1 is 1.13 bits per heavy atom. The number of ether oxygens (including phenoxy) is 1. The van der Waals surface area contributed by atoms with Crippen LogP contribution in [-0.2, 0) is 38.0 Å². The summed E-state index contributed by atoms with van der Waals surface area (Å²) >= 11 is 0. The van der Waals surface area contributed by atoms with E-state index in [-0.39, 0.29) is 24.6 Å². The van der Waals surface area contributed by atoms with Crippen LogP contribution in [0.25, 0.3) is 0 Å². The standard InChI is InChI=1S/C34H51N5O6S/c1-24(2)14-15-30(40)28(18-25-10-6-4-7-11-25)37-32(41)29(20-27-21-35-22-36-27)38(3)33(42)31(19-26-12-8-5-9-13-26)45-34(43)39-16-17-46(44)23-39/h5,8-9,12-13,21-22,24-25,28-31,40H,4,6-7,10-11,14-20,23H2,1-3H3,(H,35,36)(H,37,41)/t28-,29-,30-,31-,46?/m0/s1. The number of benzene rings is 1. The molecule has 1 aliphatic carbocycles. The molecule has 1 aliphatic heterocycles. The summed E-state index contributed by atoms with van der Waals surface area (Å²) in [5.74, 6) is 0.364. The number of nitrogens with one attached hydrogen (secondary N) is 2. The average Bonchev–Trinajstić information content (AvgIpc) is 3.74. The van der Waals surface area contributed by atoms with E-state index in [0.717, 1.165) is 37.7 Å². The van der Waals surface area contributed by atoms with Crippen LogP contribution in [0.2, 0.25) is 0 Å². The topological polar surface area (TPSA) is 145 Å². The number of hydrogen-bond donors (Lipinski definition) is 3. The lowest BCUT2D eigenvalue weighted by atomic mass is 9.83. The van der Waals surface area contributed by atoms with Crippen molar-refractivity contribution in [2.75, 3.05) is 25.2 Å². The second kappa shape index (κ2) is 17.6. The first-order valence-corrected chi connectivity index (χ1v) is 18.2. The number of likely N-dealkylation sites (N-methyl/N-ethyl adjacent to an activating group) is 1. The normalized spacial score (nSPS) is 19.8. The summed E-state index contributed by atoms with van der Waals surface area (Å²) in [5, 5.41) is 14.5. The fraction of sp³-hybridized carbons (Fsp3) is 0.647. The van der Waals surface area contributed by atoms with Crippen LogP contribution in [0.15, 0.2) is 42.9 Å². The summed E-state index contributed by atoms with van der Waals surface area (Å²) in [6, 6.07) is 7.84. The number of hydrogen-bond acceptors (Lipinski definition) is 7. The number of aromatic nitrogens is 2. The van der Waals surface area contributed by atoms with Crippen LogP contribution in [0.5, 0.6) is 0 Å². The fourth-order valence-electron chi connectivity index (χ4n) is 6.33. The highest BCUT2D eigenvalue weighted by Gasteiger charge is 2.37. The second-order valence-corrected chi connectivity index (χ2v) is 14.8. The Morgan fingerprint density at radius 2 is 1.87 bits per heavy atom. The minimum absolute atomic E-state index is 0.0628. The second-order valence-electron chi connectivity index (χ2n) is 13.2. The van der Waals surface area contributed by atoms with E-state index in [0.29, 0.717) is 42.7 Å². The lowest BCUT2D eigenvalue weighted by Crippen LogP contribution is -2.56. The van der Waals surface area contributed by atoms with Crippen LogP contribution in [0.1, 0.15) is 76.5 Å². The highest BCUT2D eigenvalue weighted by atomic mass is 32.2. The zero-order valence-corrected chi connectivity index (χ0v) is 28.3. The summed E-state index contributed by atoms with van der Waals surface area (Å²) in [6.07, 6.45) is 8.57. The Labute approximate surface area is 275 Å². The molecule has 1 aromatic heterocycles. The van der Waals surface area contributed by atoms with Crippen LogP contribution in [-0.4, -0.2) is 96.5 Å². The number of H-pyrrole nitrogens is 1. The number of rotatable bonds is 15. The van der Waals surface area contributed by atoms with Crippen molar-refractivity contribution in [1.29, 1.82) is 0 Å². The van der Waals surface area contributed by atoms with Gasteiger partial charge in [-0.05, 0) is 36.7 Å². The third-order valence-corrected chi connectivity index (χ3v) is 10.4. The van der Waals surface area contributed by atoms with Crippen molar-refractivity contribution in [3.05, 3.63) is 54.1 Å². The molecular weight excluding hydrogens is 606 g/mol. The summed E-state index contributed by atoms with van der Waals surface area (Å²) in [7, 11) is 0.398. The van der Waals surface area contributed by atoms with E-state index in [2.05, 4.69) is 29.1 Å². The predicted octanol–water partition coefficient (Wildman–Crippen LogP) is 3.80. The molecule has 3 N–H and O–H groups in total. The third-order valence-electron chi connectivity index (χ3n) is 9.16. The first-order chi connectivity index (χ1) is 22.1. The number of nitrogens with zero attached hydrogens (tertiary/aromatic N) is 3. The molecule has 1 saturated carbocycles. The van der Waals surface area contributed by atoms with E-state index >= 15 is 0 Å². The van der Waals surface area contributed by atoms with Gasteiger partial charge in [-0.15, -0.1) is 0 Å². The van der Waals surface area contributed by atoms with Gasteiger partial charge in [-0.1, -0.05) is 76.3 Å². The molecule has 11 nitrogen and oxygen atoms in total. The quantitative estimate of drug-likeness (QED) is 0.264. The van der Waals surface area contributed by atoms with Crippen LogP contribution in [0.4, 0.5) is 4.79 Å². The fourth-order valence-corrected chi connectivity index (χ4v) is 7.47. The van der Waals surface area contributed by atoms with Gasteiger partial charge in [0, 0.05) is 54.9 Å². The molecule has 12 heteroatoms. The van der Waals surface area contributed by atoms with Crippen LogP contribution >= 0.6 is 0 Å². The number of aliphatic hydroxyl groups excluding tert-OH is 1. The molecule has 2 aromatic rings. The van der Waals surface area contributed by atoms with Crippen molar-refractivity contribution in [3.63, 3.8) is 0 Å². The maximum absolute atomic E-state index is 14.2. The van der Waals surface area contributed by atoms with Crippen molar-refractivity contribution in [3.8, 4) is 0 Å². The van der Waals surface area contributed by atoms with E-state index in [1.54, 1.807) is 13.2 Å². The molecular formula is C34H51N5O6S. The number of imidazole rings is 1. The number of aromatic amines is 1. The van der Waals surface area contributed by atoms with Gasteiger partial charge in [-0.25, -0.2) is 9.78 Å². The largest absolute Gasteiger partial charge is 0.436 e. The molecule has 1 aromatic carbocycles. The predicted molar refractivity (Wildman–Crippen MR) is 177 cm³/mol. The highest BCUT2D eigenvalue weighted by Crippen LogP contribution is 2.29. The van der Waals surface area contributed by atoms with E-state index in [4.69, 9.17) is 4.74 Å². The van der Waals surface area contributed by atoms with Gasteiger partial charge in [-0.3, -0.25) is 18.7 Å². The lowest BCUT2D eigenvalue weighted by Gasteiger charge is -2.34. The molecule has 5 atom stereocenters. The van der Waals surface area contributed by atoms with Crippen molar-refractivity contribution in [2.45, 2.75) is 102 Å². The molecule has 1 unspecified atom stereocenters. The van der Waals surface area contributed by atoms with Crippen molar-refractivity contribution in [2.24, 2.45) is 11.8 Å². The van der Waals surface area contributed by atoms with E-state index in [1.165, 1.54) is 22.5 Å². The molecule has 2 aliphatic rings. The van der Waals surface area contributed by atoms with Gasteiger partial charge in [0.2, 0.25) is 5.91 Å². The van der Waals surface area contributed by atoms with E-state index in [1.807, 2.05) is 30.3 Å². The van der Waals surface area contributed by atoms with Crippen molar-refractivity contribution >= 4 is 28.7 Å². The van der Waals surface area contributed by atoms with Gasteiger partial charge >= 0.3 is 6.09 Å². The zero-order chi connectivity index (χ0) is 33.1. The number of carbonyl (C=O) groups is 3. The van der Waals surface area contributed by atoms with Crippen LogP contribution in [0.3, 0.4) is 0 Å². The molecule has 0 radical (unpaired) electrons. The first-order valence-electron chi connectivity index (χ1n) is 16.7. The molecule has 3 amide bonds. The number of amides is 3. The van der Waals surface area contributed by atoms with Crippen molar-refractivity contribution in [1.82, 2.24) is 25.1 Å². The molecule has 254 valence electrons. The average molecular weight is 658 g/mol. The molecule has 2 fully saturated rings. The van der Waals surface area contributed by atoms with Gasteiger partial charge in [0.15, 0.2) is 6.10 Å². The SMILES string of the molecule is CC(C)CC[C@H](O)[C@H](CC1CCCCC1)NC(=O)[C@H](Cc1cnc[nH]1)N(C)C(=O)[C@H](Cc1ccccc1)OC(=O)N1CCS(=O)C1. The number of carbonyl (C=O) groups excluding carboxylic acids is 3. The Kier molecular flexibility index (Phi) is 13.6. The Hall–Kier alpha value is -3.25. The third kappa shape index (κ3) is 10.7. The molecule has 46 heavy (non-hydrogen) atoms. The molecule has 4 rings (SSSR count). The zero-order valence-electron chi connectivity index (χ0n) is 27.4. The summed E-state index contributed by atoms with van der Waals surface area (Å²) in [6.45, 7) is 4.52. The highest BCUT2D eigenvalue weighted by molar-refractivity contribution is 7.85. The van der Waals surface area contributed by atoms with Gasteiger partial charge in [-0.2, -0.15) is 0 Å². The van der Waals surface area contributed by atoms with Gasteiger partial charge in [0.05, 0.1) is 24.3 Å². The maximum atomic E-state index is 14.2. The minimum atomic E-state index is -1.21. The smallest absolute Gasteiger partial charge is 0.411 e. The van der Waals surface area contributed by atoms with Gasteiger partial charge in [0.25, 0.3) is 5.91 Å². The van der Waals surface area contributed by atoms with E-state index < -0.39 is 47.1 Å². The number of aliphatic hydroxyl groups is 1. The Morgan fingerprint density at radius 3 is 2.50 bits per heavy atom. The monoisotopic (exact) mass is 657 g/mol. The molecule has 1 saturated heterocycles. The lowest BCUT2D eigenvalue weighted by molar-refractivity contribution is -0.146. The van der Waals surface area contributed by atoms with Gasteiger partial charge < -0.3 is 25.0 Å². The maximum Gasteiger partial charge on any atom is 0.411 e. The Bertz CT molecular complexity index is 1270. The summed E-state index contributed by atoms with van der Waals surface area (Å²) < 4.78 is 17.7. The van der Waals surface area contributed by atoms with Crippen LogP contribution in [0, 0.1) is 11.8 Å².